The lowest BCUT2D eigenvalue weighted by Crippen LogP contribution is -2.18. The summed E-state index contributed by atoms with van der Waals surface area (Å²) >= 11 is 0. The molecule has 0 radical (unpaired) electrons. The molecule has 0 aliphatic heterocycles. The topological polar surface area (TPSA) is 81.8 Å². The Hall–Kier alpha value is -2.97. The van der Waals surface area contributed by atoms with Crippen LogP contribution in [0, 0.1) is 17.0 Å². The second kappa shape index (κ2) is 6.65. The molecule has 0 aliphatic carbocycles. The molecule has 0 atom stereocenters. The second-order valence-electron chi connectivity index (χ2n) is 4.78. The fourth-order valence-electron chi connectivity index (χ4n) is 1.94. The van der Waals surface area contributed by atoms with Crippen molar-refractivity contribution in [3.63, 3.8) is 0 Å². The third kappa shape index (κ3) is 4.06. The Morgan fingerprint density at radius 3 is 2.42 bits per heavy atom. The molecular weight excluding hydrogens is 331 g/mol. The van der Waals surface area contributed by atoms with Crippen molar-refractivity contribution < 1.29 is 32.7 Å². The molecule has 9 heteroatoms. The summed E-state index contributed by atoms with van der Waals surface area (Å²) in [6.45, 7) is 1.03. The van der Waals surface area contributed by atoms with Gasteiger partial charge in [0.1, 0.15) is 12.4 Å². The number of phenols is 1. The standard InChI is InChI=1S/C15H12F3NO5/c1-9-12(24-15(16,17)18)7-11(19(21)22)14(13(9)20)23-8-10-5-3-2-4-6-10/h2-7,20H,8H2,1H3. The first-order valence-corrected chi connectivity index (χ1v) is 6.62. The predicted molar refractivity (Wildman–Crippen MR) is 77.0 cm³/mol. The molecule has 2 aromatic rings. The van der Waals surface area contributed by atoms with Crippen LogP contribution < -0.4 is 9.47 Å². The van der Waals surface area contributed by atoms with E-state index in [0.29, 0.717) is 11.6 Å². The van der Waals surface area contributed by atoms with Gasteiger partial charge in [-0.05, 0) is 12.5 Å². The highest BCUT2D eigenvalue weighted by Crippen LogP contribution is 2.45. The quantitative estimate of drug-likeness (QED) is 0.653. The summed E-state index contributed by atoms with van der Waals surface area (Å²) in [5.41, 5.74) is -0.478. The van der Waals surface area contributed by atoms with Crippen molar-refractivity contribution in [2.45, 2.75) is 19.9 Å². The van der Waals surface area contributed by atoms with E-state index in [9.17, 15) is 28.4 Å². The van der Waals surface area contributed by atoms with Crippen LogP contribution in [0.4, 0.5) is 18.9 Å². The maximum Gasteiger partial charge on any atom is 0.573 e. The lowest BCUT2D eigenvalue weighted by Gasteiger charge is -2.15. The van der Waals surface area contributed by atoms with Gasteiger partial charge in [0.25, 0.3) is 0 Å². The van der Waals surface area contributed by atoms with Crippen molar-refractivity contribution in [1.82, 2.24) is 0 Å². The molecule has 0 amide bonds. The van der Waals surface area contributed by atoms with Gasteiger partial charge >= 0.3 is 12.0 Å². The number of halogens is 3. The molecule has 0 aromatic heterocycles. The minimum Gasteiger partial charge on any atom is -0.504 e. The third-order valence-corrected chi connectivity index (χ3v) is 3.09. The fraction of sp³-hybridized carbons (Fsp3) is 0.200. The molecule has 6 nitrogen and oxygen atoms in total. The lowest BCUT2D eigenvalue weighted by molar-refractivity contribution is -0.386. The second-order valence-corrected chi connectivity index (χ2v) is 4.78. The maximum absolute atomic E-state index is 12.4. The number of alkyl halides is 3. The maximum atomic E-state index is 12.4. The van der Waals surface area contributed by atoms with Crippen molar-refractivity contribution in [2.24, 2.45) is 0 Å². The van der Waals surface area contributed by atoms with Crippen molar-refractivity contribution in [1.29, 1.82) is 0 Å². The van der Waals surface area contributed by atoms with E-state index in [2.05, 4.69) is 4.74 Å². The first-order chi connectivity index (χ1) is 11.2. The van der Waals surface area contributed by atoms with Crippen LogP contribution in [-0.4, -0.2) is 16.4 Å². The fourth-order valence-corrected chi connectivity index (χ4v) is 1.94. The number of phenolic OH excluding ortho intramolecular Hbond substituents is 1. The Morgan fingerprint density at radius 1 is 1.25 bits per heavy atom. The summed E-state index contributed by atoms with van der Waals surface area (Å²) in [6.07, 6.45) is -5.04. The average Bonchev–Trinajstić information content (AvgIpc) is 2.50. The van der Waals surface area contributed by atoms with E-state index in [1.807, 2.05) is 0 Å². The number of nitro benzene ring substituents is 1. The van der Waals surface area contributed by atoms with E-state index in [1.165, 1.54) is 0 Å². The molecule has 0 heterocycles. The van der Waals surface area contributed by atoms with E-state index in [0.717, 1.165) is 6.92 Å². The number of nitro groups is 1. The summed E-state index contributed by atoms with van der Waals surface area (Å²) in [4.78, 5) is 10.1. The Morgan fingerprint density at radius 2 is 1.88 bits per heavy atom. The SMILES string of the molecule is Cc1c(OC(F)(F)F)cc([N+](=O)[O-])c(OCc2ccccc2)c1O. The lowest BCUT2D eigenvalue weighted by atomic mass is 10.1. The molecule has 1 N–H and O–H groups in total. The number of aromatic hydroxyl groups is 1. The van der Waals surface area contributed by atoms with Gasteiger partial charge in [-0.1, -0.05) is 30.3 Å². The number of hydrogen-bond acceptors (Lipinski definition) is 5. The first-order valence-electron chi connectivity index (χ1n) is 6.62. The summed E-state index contributed by atoms with van der Waals surface area (Å²) < 4.78 is 46.0. The van der Waals surface area contributed by atoms with E-state index in [4.69, 9.17) is 4.74 Å². The van der Waals surface area contributed by atoms with Gasteiger partial charge in [-0.2, -0.15) is 0 Å². The van der Waals surface area contributed by atoms with Gasteiger partial charge in [-0.25, -0.2) is 0 Å². The van der Waals surface area contributed by atoms with Gasteiger partial charge in [0.2, 0.25) is 5.75 Å². The van der Waals surface area contributed by atoms with Gasteiger partial charge in [0, 0.05) is 5.56 Å². The molecule has 0 saturated carbocycles. The number of benzene rings is 2. The summed E-state index contributed by atoms with van der Waals surface area (Å²) in [5, 5.41) is 21.1. The van der Waals surface area contributed by atoms with Gasteiger partial charge < -0.3 is 14.6 Å². The normalized spacial score (nSPS) is 11.2. The zero-order valence-corrected chi connectivity index (χ0v) is 12.3. The number of nitrogens with zero attached hydrogens (tertiary/aromatic N) is 1. The summed E-state index contributed by atoms with van der Waals surface area (Å²) in [6, 6.07) is 9.16. The first kappa shape index (κ1) is 17.4. The number of ether oxygens (including phenoxy) is 2. The van der Waals surface area contributed by atoms with Gasteiger partial charge in [-0.3, -0.25) is 10.1 Å². The molecular formula is C15H12F3NO5. The minimum atomic E-state index is -5.04. The molecule has 0 aliphatic rings. The van der Waals surface area contributed by atoms with Gasteiger partial charge in [0.15, 0.2) is 5.75 Å². The Labute approximate surface area is 134 Å². The highest BCUT2D eigenvalue weighted by Gasteiger charge is 2.35. The van der Waals surface area contributed by atoms with E-state index in [-0.39, 0.29) is 12.2 Å². The molecule has 0 fully saturated rings. The zero-order chi connectivity index (χ0) is 17.9. The van der Waals surface area contributed by atoms with Gasteiger partial charge in [-0.15, -0.1) is 13.2 Å². The van der Waals surface area contributed by atoms with Gasteiger partial charge in [0.05, 0.1) is 11.0 Å². The van der Waals surface area contributed by atoms with Crippen molar-refractivity contribution in [3.8, 4) is 17.2 Å². The Bertz CT molecular complexity index is 747. The van der Waals surface area contributed by atoms with Crippen LogP contribution in [0.25, 0.3) is 0 Å². The van der Waals surface area contributed by atoms with E-state index < -0.39 is 34.2 Å². The van der Waals surface area contributed by atoms with E-state index >= 15 is 0 Å². The highest BCUT2D eigenvalue weighted by molar-refractivity contribution is 5.64. The Balaban J connectivity index is 2.39. The molecule has 24 heavy (non-hydrogen) atoms. The summed E-state index contributed by atoms with van der Waals surface area (Å²) in [5.74, 6) is -2.16. The van der Waals surface area contributed by atoms with Crippen LogP contribution in [0.15, 0.2) is 36.4 Å². The molecule has 0 unspecified atom stereocenters. The predicted octanol–water partition coefficient (Wildman–Crippen LogP) is 4.09. The highest BCUT2D eigenvalue weighted by atomic mass is 19.4. The molecule has 128 valence electrons. The largest absolute Gasteiger partial charge is 0.573 e. The number of rotatable bonds is 5. The van der Waals surface area contributed by atoms with Crippen molar-refractivity contribution in [3.05, 3.63) is 57.6 Å². The third-order valence-electron chi connectivity index (χ3n) is 3.09. The van der Waals surface area contributed by atoms with Crippen molar-refractivity contribution in [2.75, 3.05) is 0 Å². The van der Waals surface area contributed by atoms with Crippen LogP contribution in [0.3, 0.4) is 0 Å². The molecule has 2 rings (SSSR count). The van der Waals surface area contributed by atoms with Crippen LogP contribution in [-0.2, 0) is 6.61 Å². The smallest absolute Gasteiger partial charge is 0.504 e. The van der Waals surface area contributed by atoms with Crippen LogP contribution in [0.5, 0.6) is 17.2 Å². The zero-order valence-electron chi connectivity index (χ0n) is 12.3. The average molecular weight is 343 g/mol. The van der Waals surface area contributed by atoms with Crippen molar-refractivity contribution >= 4 is 5.69 Å². The molecule has 2 aromatic carbocycles. The van der Waals surface area contributed by atoms with Crippen LogP contribution in [0.1, 0.15) is 11.1 Å². The van der Waals surface area contributed by atoms with E-state index in [1.54, 1.807) is 30.3 Å². The number of hydrogen-bond donors (Lipinski definition) is 1. The monoisotopic (exact) mass is 343 g/mol. The molecule has 0 spiro atoms. The summed E-state index contributed by atoms with van der Waals surface area (Å²) in [7, 11) is 0. The van der Waals surface area contributed by atoms with Crippen LogP contribution >= 0.6 is 0 Å². The van der Waals surface area contributed by atoms with Crippen LogP contribution in [0.2, 0.25) is 0 Å². The molecule has 0 bridgehead atoms. The minimum absolute atomic E-state index is 0.103. The molecule has 0 saturated heterocycles. The Kier molecular flexibility index (Phi) is 4.82.